The molecule has 0 atom stereocenters. The lowest BCUT2D eigenvalue weighted by atomic mass is 9.76. The number of rotatable bonds is 8. The van der Waals surface area contributed by atoms with Gasteiger partial charge in [-0.05, 0) is 73.6 Å². The highest BCUT2D eigenvalue weighted by molar-refractivity contribution is 5.85. The summed E-state index contributed by atoms with van der Waals surface area (Å²) in [6.45, 7) is 4.57. The van der Waals surface area contributed by atoms with Gasteiger partial charge in [-0.3, -0.25) is 0 Å². The van der Waals surface area contributed by atoms with E-state index in [9.17, 15) is 8.78 Å². The van der Waals surface area contributed by atoms with Crippen molar-refractivity contribution in [1.29, 1.82) is 0 Å². The molecule has 2 aromatic carbocycles. The summed E-state index contributed by atoms with van der Waals surface area (Å²) in [6.07, 6.45) is 13.1. The summed E-state index contributed by atoms with van der Waals surface area (Å²) in [5.41, 5.74) is 0.555. The molecule has 1 fully saturated rings. The lowest BCUT2D eigenvalue weighted by molar-refractivity contribution is 0.298. The van der Waals surface area contributed by atoms with Crippen LogP contribution in [0, 0.1) is 17.6 Å². The summed E-state index contributed by atoms with van der Waals surface area (Å²) in [5.74, 6) is 0.0332. The molecule has 3 rings (SSSR count). The van der Waals surface area contributed by atoms with Crippen molar-refractivity contribution in [3.8, 4) is 5.75 Å². The number of halogens is 2. The number of allylic oxidation sites excluding steroid dienone is 1. The van der Waals surface area contributed by atoms with Crippen LogP contribution < -0.4 is 4.74 Å². The fraction of sp³-hybridized carbons (Fsp3) is 0.520. The molecule has 0 radical (unpaired) electrons. The van der Waals surface area contributed by atoms with Gasteiger partial charge in [0, 0.05) is 5.39 Å². The first-order chi connectivity index (χ1) is 13.6. The largest absolute Gasteiger partial charge is 0.490 e. The fourth-order valence-corrected chi connectivity index (χ4v) is 4.40. The second kappa shape index (κ2) is 10.0. The van der Waals surface area contributed by atoms with E-state index in [1.807, 2.05) is 37.3 Å². The van der Waals surface area contributed by atoms with E-state index in [1.165, 1.54) is 25.7 Å². The molecule has 152 valence electrons. The third-order valence-corrected chi connectivity index (χ3v) is 6.10. The van der Waals surface area contributed by atoms with Crippen LogP contribution >= 0.6 is 0 Å². The van der Waals surface area contributed by atoms with Gasteiger partial charge in [0.15, 0.2) is 11.6 Å². The Balaban J connectivity index is 1.74. The summed E-state index contributed by atoms with van der Waals surface area (Å²) in [5, 5.41) is 1.05. The minimum absolute atomic E-state index is 0.131. The van der Waals surface area contributed by atoms with Crippen LogP contribution in [0.1, 0.15) is 76.7 Å². The number of unbranched alkanes of at least 4 members (excludes halogenated alkanes) is 2. The molecule has 1 saturated carbocycles. The number of benzene rings is 2. The Kier molecular flexibility index (Phi) is 7.47. The minimum Gasteiger partial charge on any atom is -0.490 e. The van der Waals surface area contributed by atoms with Gasteiger partial charge in [-0.1, -0.05) is 50.8 Å². The second-order valence-electron chi connectivity index (χ2n) is 8.07. The topological polar surface area (TPSA) is 9.23 Å². The van der Waals surface area contributed by atoms with Crippen molar-refractivity contribution in [2.75, 3.05) is 6.61 Å². The van der Waals surface area contributed by atoms with E-state index >= 15 is 0 Å². The van der Waals surface area contributed by atoms with Gasteiger partial charge in [-0.2, -0.15) is 0 Å². The standard InChI is InChI=1S/C25H32F2O/c1-3-5-7-8-18-9-11-19(12-10-18)22-16-20-13-14-21(28-15-6-4-2)17-23(20)25(27)24(22)26/h4,6,13-14,16-19H,3,5,7-12,15H2,1-2H3. The van der Waals surface area contributed by atoms with Crippen molar-refractivity contribution >= 4 is 10.8 Å². The van der Waals surface area contributed by atoms with Crippen LogP contribution in [0.15, 0.2) is 36.4 Å². The Bertz CT molecular complexity index is 804. The minimum atomic E-state index is -0.742. The summed E-state index contributed by atoms with van der Waals surface area (Å²) < 4.78 is 35.3. The predicted octanol–water partition coefficient (Wildman–Crippen LogP) is 7.93. The summed E-state index contributed by atoms with van der Waals surface area (Å²) in [6, 6.07) is 7.12. The molecule has 1 nitrogen and oxygen atoms in total. The summed E-state index contributed by atoms with van der Waals surface area (Å²) in [4.78, 5) is 0. The molecule has 0 bridgehead atoms. The summed E-state index contributed by atoms with van der Waals surface area (Å²) >= 11 is 0. The molecule has 0 aliphatic heterocycles. The van der Waals surface area contributed by atoms with Gasteiger partial charge in [0.1, 0.15) is 12.4 Å². The predicted molar refractivity (Wildman–Crippen MR) is 113 cm³/mol. The summed E-state index contributed by atoms with van der Waals surface area (Å²) in [7, 11) is 0. The zero-order chi connectivity index (χ0) is 19.9. The molecular weight excluding hydrogens is 354 g/mol. The van der Waals surface area contributed by atoms with E-state index in [1.54, 1.807) is 6.07 Å². The Hall–Kier alpha value is -1.90. The Morgan fingerprint density at radius 2 is 1.82 bits per heavy atom. The quantitative estimate of drug-likeness (QED) is 0.331. The number of fused-ring (bicyclic) bond motifs is 1. The maximum Gasteiger partial charge on any atom is 0.167 e. The zero-order valence-electron chi connectivity index (χ0n) is 17.1. The van der Waals surface area contributed by atoms with Crippen LogP contribution in [0.25, 0.3) is 10.8 Å². The van der Waals surface area contributed by atoms with Crippen LogP contribution in [-0.2, 0) is 0 Å². The van der Waals surface area contributed by atoms with Gasteiger partial charge >= 0.3 is 0 Å². The van der Waals surface area contributed by atoms with Crippen LogP contribution in [0.3, 0.4) is 0 Å². The number of hydrogen-bond donors (Lipinski definition) is 0. The maximum absolute atomic E-state index is 14.9. The molecule has 0 amide bonds. The highest BCUT2D eigenvalue weighted by Crippen LogP contribution is 2.40. The van der Waals surface area contributed by atoms with E-state index in [2.05, 4.69) is 6.92 Å². The van der Waals surface area contributed by atoms with Crippen LogP contribution in [0.4, 0.5) is 8.78 Å². The van der Waals surface area contributed by atoms with E-state index in [-0.39, 0.29) is 5.92 Å². The smallest absolute Gasteiger partial charge is 0.167 e. The Morgan fingerprint density at radius 3 is 2.54 bits per heavy atom. The third-order valence-electron chi connectivity index (χ3n) is 6.10. The maximum atomic E-state index is 14.9. The first-order valence-corrected chi connectivity index (χ1v) is 10.8. The van der Waals surface area contributed by atoms with Crippen molar-refractivity contribution in [2.24, 2.45) is 5.92 Å². The molecule has 0 spiro atoms. The Morgan fingerprint density at radius 1 is 1.04 bits per heavy atom. The molecule has 0 N–H and O–H groups in total. The highest BCUT2D eigenvalue weighted by Gasteiger charge is 2.26. The van der Waals surface area contributed by atoms with Gasteiger partial charge in [-0.15, -0.1) is 0 Å². The molecule has 2 aromatic rings. The van der Waals surface area contributed by atoms with Crippen molar-refractivity contribution in [3.63, 3.8) is 0 Å². The average Bonchev–Trinajstić information content (AvgIpc) is 2.72. The van der Waals surface area contributed by atoms with Gasteiger partial charge in [-0.25, -0.2) is 8.78 Å². The highest BCUT2D eigenvalue weighted by atomic mass is 19.2. The van der Waals surface area contributed by atoms with Crippen molar-refractivity contribution in [1.82, 2.24) is 0 Å². The molecule has 28 heavy (non-hydrogen) atoms. The lowest BCUT2D eigenvalue weighted by Crippen LogP contribution is -2.15. The third kappa shape index (κ3) is 4.92. The van der Waals surface area contributed by atoms with Gasteiger partial charge in [0.25, 0.3) is 0 Å². The van der Waals surface area contributed by atoms with E-state index in [4.69, 9.17) is 4.74 Å². The van der Waals surface area contributed by atoms with E-state index in [0.29, 0.717) is 23.3 Å². The molecule has 0 heterocycles. The van der Waals surface area contributed by atoms with Crippen LogP contribution in [-0.4, -0.2) is 6.61 Å². The Labute approximate surface area is 167 Å². The van der Waals surface area contributed by atoms with E-state index in [0.717, 1.165) is 37.0 Å². The van der Waals surface area contributed by atoms with Gasteiger partial charge in [0.05, 0.1) is 0 Å². The van der Waals surface area contributed by atoms with E-state index < -0.39 is 11.6 Å². The zero-order valence-corrected chi connectivity index (χ0v) is 17.1. The molecular formula is C25H32F2O. The molecule has 0 saturated heterocycles. The van der Waals surface area contributed by atoms with Crippen molar-refractivity contribution in [2.45, 2.75) is 71.1 Å². The van der Waals surface area contributed by atoms with Crippen LogP contribution in [0.2, 0.25) is 0 Å². The first kappa shape index (κ1) is 20.8. The molecule has 1 aliphatic carbocycles. The van der Waals surface area contributed by atoms with Gasteiger partial charge in [0.2, 0.25) is 0 Å². The molecule has 3 heteroatoms. The van der Waals surface area contributed by atoms with Crippen molar-refractivity contribution in [3.05, 3.63) is 53.6 Å². The second-order valence-corrected chi connectivity index (χ2v) is 8.07. The molecule has 0 aromatic heterocycles. The number of hydrogen-bond acceptors (Lipinski definition) is 1. The lowest BCUT2D eigenvalue weighted by Gasteiger charge is -2.29. The first-order valence-electron chi connectivity index (χ1n) is 10.8. The fourth-order valence-electron chi connectivity index (χ4n) is 4.40. The number of ether oxygens (including phenoxy) is 1. The monoisotopic (exact) mass is 386 g/mol. The molecule has 1 aliphatic rings. The van der Waals surface area contributed by atoms with Crippen molar-refractivity contribution < 1.29 is 13.5 Å². The normalized spacial score (nSPS) is 20.1. The average molecular weight is 387 g/mol. The van der Waals surface area contributed by atoms with Crippen LogP contribution in [0.5, 0.6) is 5.75 Å². The van der Waals surface area contributed by atoms with Gasteiger partial charge < -0.3 is 4.74 Å². The molecule has 0 unspecified atom stereocenters. The SMILES string of the molecule is CC=CCOc1ccc2cc(C3CCC(CCCCC)CC3)c(F)c(F)c2c1.